The van der Waals surface area contributed by atoms with E-state index in [0.717, 1.165) is 16.7 Å². The van der Waals surface area contributed by atoms with Crippen molar-refractivity contribution >= 4 is 5.71 Å². The molecule has 2 aromatic carbocycles. The SMILES string of the molecule is CO/N=C1/c2ccccc2C2(NOC)Oc3cc(C(C)C)ccc3C12O. The van der Waals surface area contributed by atoms with Crippen LogP contribution in [0.3, 0.4) is 0 Å². The molecule has 0 amide bonds. The predicted octanol–water partition coefficient (Wildman–Crippen LogP) is 2.76. The molecule has 0 saturated heterocycles. The van der Waals surface area contributed by atoms with E-state index in [9.17, 15) is 5.11 Å². The molecule has 2 aromatic rings. The normalized spacial score (nSPS) is 27.2. The van der Waals surface area contributed by atoms with Crippen molar-refractivity contribution in [3.05, 3.63) is 64.7 Å². The lowest BCUT2D eigenvalue weighted by Gasteiger charge is -2.35. The van der Waals surface area contributed by atoms with Crippen LogP contribution in [0.25, 0.3) is 0 Å². The lowest BCUT2D eigenvalue weighted by molar-refractivity contribution is -0.168. The fourth-order valence-electron chi connectivity index (χ4n) is 3.95. The Hall–Kier alpha value is -2.41. The van der Waals surface area contributed by atoms with Crippen LogP contribution in [0.5, 0.6) is 5.75 Å². The Balaban J connectivity index is 2.02. The zero-order valence-corrected chi connectivity index (χ0v) is 15.2. The average Bonchev–Trinajstić information content (AvgIpc) is 2.99. The van der Waals surface area contributed by atoms with Crippen molar-refractivity contribution in [2.24, 2.45) is 5.16 Å². The Labute approximate surface area is 152 Å². The van der Waals surface area contributed by atoms with Crippen LogP contribution in [0.4, 0.5) is 0 Å². The highest BCUT2D eigenvalue weighted by Gasteiger charge is 2.70. The van der Waals surface area contributed by atoms with Crippen molar-refractivity contribution in [3.63, 3.8) is 0 Å². The molecule has 0 spiro atoms. The molecule has 0 bridgehead atoms. The van der Waals surface area contributed by atoms with Gasteiger partial charge in [-0.3, -0.25) is 0 Å². The third kappa shape index (κ3) is 1.95. The minimum atomic E-state index is -1.59. The van der Waals surface area contributed by atoms with Gasteiger partial charge in [0, 0.05) is 16.7 Å². The van der Waals surface area contributed by atoms with Crippen molar-refractivity contribution in [3.8, 4) is 5.75 Å². The summed E-state index contributed by atoms with van der Waals surface area (Å²) in [4.78, 5) is 10.3. The molecule has 1 aliphatic carbocycles. The van der Waals surface area contributed by atoms with E-state index in [1.54, 1.807) is 0 Å². The standard InChI is InChI=1S/C20H22N2O4/c1-12(2)13-9-10-16-17(11-13)26-20(22-25-4)15-8-6-5-7-14(15)18(21-24-3)19(16,20)23/h5-12,22-23H,1-4H3/b21-18-. The van der Waals surface area contributed by atoms with Crippen molar-refractivity contribution in [2.45, 2.75) is 31.1 Å². The van der Waals surface area contributed by atoms with E-state index in [0.29, 0.717) is 22.9 Å². The van der Waals surface area contributed by atoms with Gasteiger partial charge in [-0.25, -0.2) is 0 Å². The van der Waals surface area contributed by atoms with Gasteiger partial charge in [-0.2, -0.15) is 5.48 Å². The van der Waals surface area contributed by atoms with Crippen molar-refractivity contribution in [1.29, 1.82) is 0 Å². The third-order valence-corrected chi connectivity index (χ3v) is 5.17. The minimum absolute atomic E-state index is 0.338. The summed E-state index contributed by atoms with van der Waals surface area (Å²) >= 11 is 0. The topological polar surface area (TPSA) is 72.3 Å². The second-order valence-corrected chi connectivity index (χ2v) is 6.88. The highest BCUT2D eigenvalue weighted by Crippen LogP contribution is 2.58. The first-order chi connectivity index (χ1) is 12.5. The summed E-state index contributed by atoms with van der Waals surface area (Å²) in [5.74, 6) is 0.936. The molecule has 1 aliphatic heterocycles. The van der Waals surface area contributed by atoms with Gasteiger partial charge in [-0.1, -0.05) is 55.4 Å². The first-order valence-electron chi connectivity index (χ1n) is 8.57. The van der Waals surface area contributed by atoms with Gasteiger partial charge in [-0.15, -0.1) is 0 Å². The second kappa shape index (κ2) is 5.81. The molecule has 6 nitrogen and oxygen atoms in total. The van der Waals surface area contributed by atoms with Crippen LogP contribution in [0.1, 0.15) is 42.0 Å². The second-order valence-electron chi connectivity index (χ2n) is 6.88. The van der Waals surface area contributed by atoms with E-state index < -0.39 is 11.3 Å². The Morgan fingerprint density at radius 1 is 1.12 bits per heavy atom. The van der Waals surface area contributed by atoms with Crippen molar-refractivity contribution < 1.29 is 19.5 Å². The van der Waals surface area contributed by atoms with E-state index in [-0.39, 0.29) is 0 Å². The molecule has 0 fully saturated rings. The summed E-state index contributed by atoms with van der Waals surface area (Å²) in [6.07, 6.45) is 0. The highest BCUT2D eigenvalue weighted by atomic mass is 16.7. The smallest absolute Gasteiger partial charge is 0.248 e. The number of aliphatic hydroxyl groups is 1. The molecule has 2 atom stereocenters. The summed E-state index contributed by atoms with van der Waals surface area (Å²) in [7, 11) is 2.95. The van der Waals surface area contributed by atoms with Crippen molar-refractivity contribution in [2.75, 3.05) is 14.2 Å². The number of rotatable bonds is 4. The van der Waals surface area contributed by atoms with E-state index in [2.05, 4.69) is 24.5 Å². The van der Waals surface area contributed by atoms with Gasteiger partial charge in [0.05, 0.1) is 7.11 Å². The maximum absolute atomic E-state index is 11.9. The molecule has 1 heterocycles. The van der Waals surface area contributed by atoms with Gasteiger partial charge in [0.2, 0.25) is 5.72 Å². The number of hydrogen-bond donors (Lipinski definition) is 2. The monoisotopic (exact) mass is 354 g/mol. The number of hydroxylamine groups is 1. The zero-order chi connectivity index (χ0) is 18.5. The Kier molecular flexibility index (Phi) is 3.80. The Morgan fingerprint density at radius 3 is 2.58 bits per heavy atom. The Morgan fingerprint density at radius 2 is 1.88 bits per heavy atom. The molecule has 26 heavy (non-hydrogen) atoms. The van der Waals surface area contributed by atoms with Gasteiger partial charge < -0.3 is 19.5 Å². The van der Waals surface area contributed by atoms with Crippen LogP contribution < -0.4 is 10.2 Å². The molecular weight excluding hydrogens is 332 g/mol. The molecule has 0 saturated carbocycles. The molecule has 2 N–H and O–H groups in total. The number of nitrogens with zero attached hydrogens (tertiary/aromatic N) is 1. The number of oxime groups is 1. The molecule has 136 valence electrons. The van der Waals surface area contributed by atoms with Crippen molar-refractivity contribution in [1.82, 2.24) is 5.48 Å². The summed E-state index contributed by atoms with van der Waals surface area (Å²) in [5.41, 5.74) is 3.58. The fraction of sp³-hybridized carbons (Fsp3) is 0.350. The van der Waals surface area contributed by atoms with Gasteiger partial charge in [0.1, 0.15) is 18.6 Å². The summed E-state index contributed by atoms with van der Waals surface area (Å²) in [5, 5.41) is 16.1. The van der Waals surface area contributed by atoms with Crippen LogP contribution in [-0.2, 0) is 21.0 Å². The van der Waals surface area contributed by atoms with Crippen LogP contribution in [0.15, 0.2) is 47.6 Å². The molecule has 0 radical (unpaired) electrons. The number of nitrogens with one attached hydrogen (secondary N) is 1. The molecule has 4 rings (SSSR count). The lowest BCUT2D eigenvalue weighted by Crippen LogP contribution is -2.57. The fourth-order valence-corrected chi connectivity index (χ4v) is 3.95. The third-order valence-electron chi connectivity index (χ3n) is 5.17. The summed E-state index contributed by atoms with van der Waals surface area (Å²) < 4.78 is 6.33. The first kappa shape index (κ1) is 17.0. The number of benzene rings is 2. The first-order valence-corrected chi connectivity index (χ1v) is 8.57. The molecule has 0 aromatic heterocycles. The predicted molar refractivity (Wildman–Crippen MR) is 96.9 cm³/mol. The van der Waals surface area contributed by atoms with Crippen LogP contribution in [0.2, 0.25) is 0 Å². The number of ether oxygens (including phenoxy) is 1. The quantitative estimate of drug-likeness (QED) is 0.826. The molecule has 2 unspecified atom stereocenters. The summed E-state index contributed by atoms with van der Waals surface area (Å²) in [6.45, 7) is 4.23. The van der Waals surface area contributed by atoms with E-state index in [4.69, 9.17) is 14.4 Å². The van der Waals surface area contributed by atoms with Gasteiger partial charge in [0.15, 0.2) is 5.60 Å². The zero-order valence-electron chi connectivity index (χ0n) is 15.2. The van der Waals surface area contributed by atoms with Crippen LogP contribution in [-0.4, -0.2) is 25.0 Å². The van der Waals surface area contributed by atoms with E-state index in [1.165, 1.54) is 14.2 Å². The average molecular weight is 354 g/mol. The van der Waals surface area contributed by atoms with Gasteiger partial charge in [0.25, 0.3) is 0 Å². The van der Waals surface area contributed by atoms with Gasteiger partial charge >= 0.3 is 0 Å². The van der Waals surface area contributed by atoms with E-state index >= 15 is 0 Å². The molecular formula is C20H22N2O4. The largest absolute Gasteiger partial charge is 0.462 e. The maximum Gasteiger partial charge on any atom is 0.248 e. The van der Waals surface area contributed by atoms with Crippen LogP contribution >= 0.6 is 0 Å². The maximum atomic E-state index is 11.9. The van der Waals surface area contributed by atoms with Crippen LogP contribution in [0, 0.1) is 0 Å². The highest BCUT2D eigenvalue weighted by molar-refractivity contribution is 6.13. The van der Waals surface area contributed by atoms with E-state index in [1.807, 2.05) is 42.5 Å². The van der Waals surface area contributed by atoms with Gasteiger partial charge in [-0.05, 0) is 17.5 Å². The Bertz CT molecular complexity index is 895. The number of hydrogen-bond acceptors (Lipinski definition) is 6. The molecule has 6 heteroatoms. The lowest BCUT2D eigenvalue weighted by atomic mass is 9.84. The summed E-state index contributed by atoms with van der Waals surface area (Å²) in [6, 6.07) is 13.4. The minimum Gasteiger partial charge on any atom is -0.462 e. The molecule has 2 aliphatic rings. The number of fused-ring (bicyclic) bond motifs is 5.